The summed E-state index contributed by atoms with van der Waals surface area (Å²) in [4.78, 5) is 94.1. The van der Waals surface area contributed by atoms with Gasteiger partial charge >= 0.3 is 5.92 Å². The van der Waals surface area contributed by atoms with Gasteiger partial charge in [-0.3, -0.25) is 64.0 Å². The Kier molecular flexibility index (Phi) is 108. The van der Waals surface area contributed by atoms with Gasteiger partial charge in [0, 0.05) is 60.3 Å². The van der Waals surface area contributed by atoms with Crippen molar-refractivity contribution in [2.24, 2.45) is 23.2 Å². The van der Waals surface area contributed by atoms with Crippen LogP contribution in [-0.4, -0.2) is 119 Å². The first kappa shape index (κ1) is 108. The van der Waals surface area contributed by atoms with Crippen LogP contribution >= 0.6 is 11.8 Å². The van der Waals surface area contributed by atoms with Gasteiger partial charge in [0.25, 0.3) is 5.91 Å². The minimum Gasteiger partial charge on any atom is -0.296 e. The lowest BCUT2D eigenvalue weighted by Crippen LogP contribution is -2.42. The van der Waals surface area contributed by atoms with Crippen LogP contribution in [0.1, 0.15) is 237 Å². The molecule has 0 bridgehead atoms. The molecule has 5 aliphatic heterocycles. The van der Waals surface area contributed by atoms with Crippen molar-refractivity contribution in [3.05, 3.63) is 0 Å². The molecule has 75 heavy (non-hydrogen) atoms. The lowest BCUT2D eigenvalue weighted by Gasteiger charge is -2.17. The predicted molar refractivity (Wildman–Crippen MR) is 317 cm³/mol. The highest BCUT2D eigenvalue weighted by molar-refractivity contribution is 8.01. The van der Waals surface area contributed by atoms with Crippen molar-refractivity contribution >= 4 is 101 Å². The fourth-order valence-electron chi connectivity index (χ4n) is 4.00. The van der Waals surface area contributed by atoms with Crippen molar-refractivity contribution in [1.82, 2.24) is 26.9 Å². The van der Waals surface area contributed by atoms with E-state index in [-0.39, 0.29) is 106 Å². The molecule has 6 rings (SSSR count). The Balaban J connectivity index is -0.0000000460. The number of halogens is 2. The fourth-order valence-corrected chi connectivity index (χ4v) is 4.69. The molecule has 6 aliphatic rings. The second-order valence-corrected chi connectivity index (χ2v) is 16.1. The number of amides is 8. The molecule has 5 atom stereocenters. The van der Waals surface area contributed by atoms with E-state index in [1.165, 1.54) is 49.2 Å². The van der Waals surface area contributed by atoms with Gasteiger partial charge in [-0.15, -0.1) is 11.8 Å². The summed E-state index contributed by atoms with van der Waals surface area (Å²) in [5, 5.41) is 6.03. The Morgan fingerprint density at radius 1 is 0.493 bits per heavy atom. The molecule has 1 aliphatic carbocycles. The highest BCUT2D eigenvalue weighted by atomic mass is 32.2. The van der Waals surface area contributed by atoms with E-state index in [9.17, 15) is 47.1 Å². The summed E-state index contributed by atoms with van der Waals surface area (Å²) in [6.07, 6.45) is 10.5. The molecule has 0 aromatic carbocycles. The smallest absolute Gasteiger partial charge is 0.296 e. The molecule has 6 fully saturated rings. The molecule has 0 aromatic heterocycles. The quantitative estimate of drug-likeness (QED) is 0.114. The Morgan fingerprint density at radius 3 is 1.03 bits per heavy atom. The topological polar surface area (TPSA) is 215 Å². The van der Waals surface area contributed by atoms with Crippen molar-refractivity contribution in [2.45, 2.75) is 255 Å². The molecular weight excluding hydrogens is 979 g/mol. The zero-order valence-electron chi connectivity index (χ0n) is 52.0. The maximum Gasteiger partial charge on any atom is 0.336 e. The van der Waals surface area contributed by atoms with Gasteiger partial charge in [0.15, 0.2) is 0 Å². The number of imide groups is 3. The summed E-state index contributed by atoms with van der Waals surface area (Å²) < 4.78 is 24.7. The van der Waals surface area contributed by atoms with E-state index < -0.39 is 23.7 Å². The van der Waals surface area contributed by atoms with Crippen LogP contribution in [0.4, 0.5) is 8.78 Å². The van der Waals surface area contributed by atoms with E-state index in [1.54, 1.807) is 6.92 Å². The Morgan fingerprint density at radius 2 is 0.853 bits per heavy atom. The third kappa shape index (κ3) is 58.3. The highest BCUT2D eigenvalue weighted by Crippen LogP contribution is 2.54. The summed E-state index contributed by atoms with van der Waals surface area (Å²) in [5.74, 6) is -7.50. The maximum atomic E-state index is 12.3. The van der Waals surface area contributed by atoms with E-state index in [4.69, 9.17) is 4.84 Å². The minimum atomic E-state index is -3.52. The third-order valence-electron chi connectivity index (χ3n) is 7.70. The Labute approximate surface area is 473 Å². The summed E-state index contributed by atoms with van der Waals surface area (Å²) in [6, 6.07) is 0. The normalized spacial score (nSPS) is 20.0. The van der Waals surface area contributed by atoms with E-state index >= 15 is 0 Å². The number of carbonyl (C=O) groups is 8. The number of rotatable bonds is 0. The van der Waals surface area contributed by atoms with Gasteiger partial charge in [-0.2, -0.15) is 8.78 Å². The SMILES string of the molecule is CC.CC.CC.CC.CC.CC1C(=O)NC(=O)C1(F)F.CC1C(=O)NC(=O)C12CC2.CC1CCC(=O)NO1.CC1CCONC1=O.CC1SCC(=O)NC1=O.CCC.CCC.CCC.CCC.CCC.[B].[B].[B].[B].[B]. The average molecular weight is 1090 g/mol. The molecule has 1 saturated carbocycles. The van der Waals surface area contributed by atoms with Gasteiger partial charge in [-0.25, -0.2) is 11.0 Å². The molecule has 5 unspecified atom stereocenters. The van der Waals surface area contributed by atoms with Gasteiger partial charge in [0.2, 0.25) is 41.4 Å². The molecule has 8 amide bonds. The number of carbonyl (C=O) groups excluding carboxylic acids is 8. The second kappa shape index (κ2) is 75.1. The van der Waals surface area contributed by atoms with Crippen molar-refractivity contribution in [1.29, 1.82) is 0 Å². The average Bonchev–Trinajstić information content (AvgIpc) is 4.10. The van der Waals surface area contributed by atoms with E-state index in [2.05, 4.69) is 95.7 Å². The van der Waals surface area contributed by atoms with Crippen LogP contribution in [0, 0.1) is 23.2 Å². The van der Waals surface area contributed by atoms with E-state index in [0.29, 0.717) is 18.8 Å². The molecule has 5 N–H and O–H groups in total. The number of hydrogen-bond acceptors (Lipinski definition) is 11. The zero-order chi connectivity index (χ0) is 57.6. The van der Waals surface area contributed by atoms with Gasteiger partial charge in [-0.05, 0) is 46.5 Å². The molecule has 1 spiro atoms. The van der Waals surface area contributed by atoms with E-state index in [1.807, 2.05) is 90.0 Å². The monoisotopic (exact) mass is 1090 g/mol. The standard InChI is InChI=1S/C7H9NO2.C5H5F2NO2.C5H7NO2S.2C5H9NO2.5C3H8.5C2H6.5B/c1-4-5(9)8-6(10)7(4)2-3-7;1-2-3(9)8-4(10)5(2,6)7;1-3-5(8)6-4(7)2-9-3;1-4-2-3-8-6-5(4)7;1-4-2-3-5(7)6-8-4;5*1-3-2;5*1-2;;;;;/h4H,2-3H2,1H3,(H,8,9,10);2H,1H3,(H,8,9,10);3H,2H2,1H3,(H,6,7,8);2*4H,2-3H2,1H3,(H,6,7);5*3H2,1-2H3;5*1-2H3;;;;;. The summed E-state index contributed by atoms with van der Waals surface area (Å²) in [5.41, 5.74) is 4.32. The van der Waals surface area contributed by atoms with Crippen LogP contribution < -0.4 is 26.9 Å². The van der Waals surface area contributed by atoms with Gasteiger partial charge in [0.05, 0.1) is 29.1 Å². The molecule has 5 saturated heterocycles. The zero-order valence-corrected chi connectivity index (χ0v) is 52.8. The van der Waals surface area contributed by atoms with E-state index in [0.717, 1.165) is 32.6 Å². The number of hydroxylamine groups is 2. The third-order valence-corrected chi connectivity index (χ3v) is 8.84. The summed E-state index contributed by atoms with van der Waals surface area (Å²) in [6.45, 7) is 50.3. The van der Waals surface area contributed by atoms with Gasteiger partial charge in [-0.1, -0.05) is 184 Å². The first-order valence-electron chi connectivity index (χ1n) is 26.4. The maximum absolute atomic E-state index is 12.3. The number of hydrogen-bond donors (Lipinski definition) is 5. The van der Waals surface area contributed by atoms with Crippen LogP contribution in [0.3, 0.4) is 0 Å². The molecule has 15 radical (unpaired) electrons. The van der Waals surface area contributed by atoms with Crippen LogP contribution in [0.5, 0.6) is 0 Å². The lowest BCUT2D eigenvalue weighted by atomic mass is 9.94. The van der Waals surface area contributed by atoms with Crippen molar-refractivity contribution in [3.63, 3.8) is 0 Å². The van der Waals surface area contributed by atoms with Crippen molar-refractivity contribution in [2.75, 3.05) is 12.4 Å². The number of nitrogens with one attached hydrogen (secondary N) is 5. The van der Waals surface area contributed by atoms with Crippen LogP contribution in [-0.2, 0) is 48.0 Å². The van der Waals surface area contributed by atoms with Crippen LogP contribution in [0.15, 0.2) is 0 Å². The van der Waals surface area contributed by atoms with Crippen molar-refractivity contribution < 1.29 is 56.8 Å². The molecule has 5 heterocycles. The fraction of sp³-hybridized carbons (Fsp3) is 0.846. The molecule has 23 heteroatoms. The van der Waals surface area contributed by atoms with Crippen LogP contribution in [0.25, 0.3) is 0 Å². The largest absolute Gasteiger partial charge is 0.336 e. The summed E-state index contributed by atoms with van der Waals surface area (Å²) in [7, 11) is 0. The first-order chi connectivity index (χ1) is 33.0. The number of alkyl halides is 2. The van der Waals surface area contributed by atoms with Gasteiger partial charge < -0.3 is 0 Å². The number of thioether (sulfide) groups is 1. The Hall–Kier alpha value is -3.19. The summed E-state index contributed by atoms with van der Waals surface area (Å²) >= 11 is 1.37. The predicted octanol–water partition coefficient (Wildman–Crippen LogP) is 10.3. The molecule has 437 valence electrons. The lowest BCUT2D eigenvalue weighted by molar-refractivity contribution is -0.146. The minimum absolute atomic E-state index is 0. The van der Waals surface area contributed by atoms with Crippen LogP contribution in [0.2, 0.25) is 0 Å². The molecule has 0 aromatic rings. The second-order valence-electron chi connectivity index (χ2n) is 14.8. The van der Waals surface area contributed by atoms with Gasteiger partial charge in [0.1, 0.15) is 5.92 Å². The first-order valence-corrected chi connectivity index (χ1v) is 27.4. The molecular formula is C52H109B5F2N5O10S. The Bertz CT molecular complexity index is 1260. The van der Waals surface area contributed by atoms with Crippen molar-refractivity contribution in [3.8, 4) is 0 Å². The highest BCUT2D eigenvalue weighted by Gasteiger charge is 2.61. The molecule has 15 nitrogen and oxygen atoms in total.